The van der Waals surface area contributed by atoms with E-state index in [1.54, 1.807) is 19.2 Å². The number of likely N-dealkylation sites (N-methyl/N-ethyl adjacent to an activating group) is 1. The van der Waals surface area contributed by atoms with Gasteiger partial charge in [0.15, 0.2) is 5.82 Å². The molecule has 1 saturated carbocycles. The van der Waals surface area contributed by atoms with E-state index < -0.39 is 23.2 Å². The second-order valence-electron chi connectivity index (χ2n) is 12.2. The Morgan fingerprint density at radius 1 is 1.09 bits per heavy atom. The van der Waals surface area contributed by atoms with E-state index in [1.165, 1.54) is 31.2 Å². The molecule has 1 saturated heterocycles. The smallest absolute Gasteiger partial charge is 0.430 e. The summed E-state index contributed by atoms with van der Waals surface area (Å²) in [7, 11) is 4.19. The van der Waals surface area contributed by atoms with Crippen LogP contribution in [0.4, 0.5) is 19.0 Å². The summed E-state index contributed by atoms with van der Waals surface area (Å²) in [5.74, 6) is 0.648. The summed E-state index contributed by atoms with van der Waals surface area (Å²) >= 11 is 6.45. The number of benzene rings is 1. The highest BCUT2D eigenvalue weighted by atomic mass is 35.5. The Hall–Kier alpha value is -3.91. The predicted octanol–water partition coefficient (Wildman–Crippen LogP) is 5.18. The molecule has 2 aromatic heterocycles. The van der Waals surface area contributed by atoms with Crippen LogP contribution in [0.1, 0.15) is 72.1 Å². The zero-order valence-corrected chi connectivity index (χ0v) is 27.2. The molecule has 2 aliphatic rings. The molecule has 1 aromatic carbocycles. The number of carbonyl (C=O) groups excluding carboxylic acids is 2. The van der Waals surface area contributed by atoms with Gasteiger partial charge in [-0.3, -0.25) is 9.59 Å². The number of halogens is 4. The monoisotopic (exact) mass is 678 g/mol. The van der Waals surface area contributed by atoms with Crippen molar-refractivity contribution in [3.8, 4) is 5.75 Å². The molecule has 0 radical (unpaired) electrons. The van der Waals surface area contributed by atoms with Crippen molar-refractivity contribution in [2.24, 2.45) is 5.92 Å². The van der Waals surface area contributed by atoms with Gasteiger partial charge >= 0.3 is 6.18 Å². The standard InChI is InChI=1S/C32H38ClF3N6O5/c1-40(30(44)31(45,32(34,35)36)22-7-4-8-23(18-22)46-3)15-5-6-20-13-16-42(17-14-20)26-12-11-24(27(33)38-26)29(43)41(2)19-25-37-28(47-39-25)21-9-10-21/h4,7-8,11-12,18,20-21,45H,5-6,9-10,13-17,19H2,1-3H3. The molecule has 1 N–H and O–H groups in total. The Morgan fingerprint density at radius 2 is 1.81 bits per heavy atom. The lowest BCUT2D eigenvalue weighted by molar-refractivity contribution is -0.261. The first-order chi connectivity index (χ1) is 22.3. The molecule has 1 atom stereocenters. The van der Waals surface area contributed by atoms with Crippen molar-refractivity contribution < 1.29 is 37.1 Å². The van der Waals surface area contributed by atoms with Gasteiger partial charge in [0.25, 0.3) is 17.4 Å². The van der Waals surface area contributed by atoms with E-state index in [1.807, 2.05) is 0 Å². The summed E-state index contributed by atoms with van der Waals surface area (Å²) in [6, 6.07) is 8.22. The van der Waals surface area contributed by atoms with Crippen molar-refractivity contribution in [3.63, 3.8) is 0 Å². The lowest BCUT2D eigenvalue weighted by Gasteiger charge is -2.34. The molecule has 1 aliphatic carbocycles. The molecular formula is C32H38ClF3N6O5. The molecule has 5 rings (SSSR count). The highest BCUT2D eigenvalue weighted by Crippen LogP contribution is 2.42. The van der Waals surface area contributed by atoms with Crippen LogP contribution in [0.3, 0.4) is 0 Å². The van der Waals surface area contributed by atoms with Crippen LogP contribution < -0.4 is 9.64 Å². The van der Waals surface area contributed by atoms with Crippen molar-refractivity contribution in [2.45, 2.75) is 62.8 Å². The normalized spacial score (nSPS) is 16.9. The number of piperidine rings is 1. The molecule has 1 aliphatic heterocycles. The molecule has 1 unspecified atom stereocenters. The quantitative estimate of drug-likeness (QED) is 0.258. The summed E-state index contributed by atoms with van der Waals surface area (Å²) in [6.45, 7) is 1.59. The van der Waals surface area contributed by atoms with Gasteiger partial charge in [-0.05, 0) is 68.7 Å². The third-order valence-corrected chi connectivity index (χ3v) is 9.09. The van der Waals surface area contributed by atoms with Gasteiger partial charge in [0.2, 0.25) is 5.89 Å². The number of anilines is 1. The number of nitrogens with zero attached hydrogens (tertiary/aromatic N) is 6. The second-order valence-corrected chi connectivity index (χ2v) is 12.6. The molecule has 2 amide bonds. The van der Waals surface area contributed by atoms with Crippen molar-refractivity contribution in [2.75, 3.05) is 45.7 Å². The maximum Gasteiger partial charge on any atom is 0.430 e. The van der Waals surface area contributed by atoms with Gasteiger partial charge in [0.05, 0.1) is 19.2 Å². The Labute approximate surface area is 275 Å². The lowest BCUT2D eigenvalue weighted by atomic mass is 9.90. The van der Waals surface area contributed by atoms with Crippen LogP contribution in [0.25, 0.3) is 0 Å². The van der Waals surface area contributed by atoms with Gasteiger partial charge in [-0.25, -0.2) is 4.98 Å². The number of rotatable bonds is 12. The van der Waals surface area contributed by atoms with Gasteiger partial charge in [0.1, 0.15) is 16.7 Å². The predicted molar refractivity (Wildman–Crippen MR) is 166 cm³/mol. The van der Waals surface area contributed by atoms with Crippen molar-refractivity contribution >= 4 is 29.2 Å². The van der Waals surface area contributed by atoms with Gasteiger partial charge in [0, 0.05) is 45.2 Å². The maximum absolute atomic E-state index is 14.1. The van der Waals surface area contributed by atoms with Crippen molar-refractivity contribution in [3.05, 3.63) is 64.4 Å². The van der Waals surface area contributed by atoms with Crippen LogP contribution >= 0.6 is 11.6 Å². The molecule has 11 nitrogen and oxygen atoms in total. The molecule has 3 aromatic rings. The molecular weight excluding hydrogens is 641 g/mol. The minimum absolute atomic E-state index is 0.0525. The molecule has 3 heterocycles. The summed E-state index contributed by atoms with van der Waals surface area (Å²) < 4.78 is 52.5. The first-order valence-electron chi connectivity index (χ1n) is 15.5. The summed E-state index contributed by atoms with van der Waals surface area (Å²) in [6.07, 6.45) is -0.369. The van der Waals surface area contributed by atoms with E-state index in [2.05, 4.69) is 20.0 Å². The van der Waals surface area contributed by atoms with Gasteiger partial charge in [-0.2, -0.15) is 18.2 Å². The third-order valence-electron chi connectivity index (χ3n) is 8.80. The van der Waals surface area contributed by atoms with Crippen LogP contribution in [0.2, 0.25) is 5.15 Å². The fourth-order valence-corrected chi connectivity index (χ4v) is 6.01. The summed E-state index contributed by atoms with van der Waals surface area (Å²) in [5, 5.41) is 14.8. The number of hydrogen-bond donors (Lipinski definition) is 1. The maximum atomic E-state index is 14.1. The van der Waals surface area contributed by atoms with Gasteiger partial charge in [-0.15, -0.1) is 0 Å². The third kappa shape index (κ3) is 7.64. The molecule has 2 fully saturated rings. The van der Waals surface area contributed by atoms with E-state index in [4.69, 9.17) is 20.9 Å². The Balaban J connectivity index is 1.10. The van der Waals surface area contributed by atoms with E-state index in [9.17, 15) is 27.9 Å². The topological polar surface area (TPSA) is 125 Å². The Bertz CT molecular complexity index is 1580. The number of aliphatic hydroxyl groups is 1. The van der Waals surface area contributed by atoms with Crippen molar-refractivity contribution in [1.82, 2.24) is 24.9 Å². The number of pyridine rings is 1. The number of methoxy groups -OCH3 is 1. The fourth-order valence-electron chi connectivity index (χ4n) is 5.78. The molecule has 15 heteroatoms. The highest BCUT2D eigenvalue weighted by Gasteiger charge is 2.61. The minimum Gasteiger partial charge on any atom is -0.497 e. The average molecular weight is 679 g/mol. The van der Waals surface area contributed by atoms with Crippen LogP contribution in [0.15, 0.2) is 40.9 Å². The zero-order valence-electron chi connectivity index (χ0n) is 26.5. The Kier molecular flexibility index (Phi) is 10.3. The minimum atomic E-state index is -5.23. The zero-order chi connectivity index (χ0) is 33.9. The average Bonchev–Trinajstić information content (AvgIpc) is 3.81. The number of aromatic nitrogens is 3. The first-order valence-corrected chi connectivity index (χ1v) is 15.9. The lowest BCUT2D eigenvalue weighted by Crippen LogP contribution is -2.55. The fraction of sp³-hybridized carbons (Fsp3) is 0.531. The van der Waals surface area contributed by atoms with E-state index in [0.29, 0.717) is 55.3 Å². The SMILES string of the molecule is COc1cccc(C(O)(C(=O)N(C)CCCC2CCN(c3ccc(C(=O)N(C)Cc4noc(C5CC5)n4)c(Cl)n3)CC2)C(F)(F)F)c1. The molecule has 47 heavy (non-hydrogen) atoms. The molecule has 0 spiro atoms. The first kappa shape index (κ1) is 34.4. The van der Waals surface area contributed by atoms with E-state index in [0.717, 1.165) is 42.7 Å². The molecule has 0 bridgehead atoms. The number of amides is 2. The second kappa shape index (κ2) is 14.1. The Morgan fingerprint density at radius 3 is 2.45 bits per heavy atom. The largest absolute Gasteiger partial charge is 0.497 e. The van der Waals surface area contributed by atoms with E-state index >= 15 is 0 Å². The van der Waals surface area contributed by atoms with Crippen LogP contribution in [0, 0.1) is 5.92 Å². The summed E-state index contributed by atoms with van der Waals surface area (Å²) in [5.41, 5.74) is -4.03. The number of hydrogen-bond acceptors (Lipinski definition) is 9. The highest BCUT2D eigenvalue weighted by molar-refractivity contribution is 6.32. The van der Waals surface area contributed by atoms with E-state index in [-0.39, 0.29) is 35.5 Å². The number of ether oxygens (including phenoxy) is 1. The van der Waals surface area contributed by atoms with Crippen LogP contribution in [-0.2, 0) is 16.9 Å². The number of carbonyl (C=O) groups is 2. The van der Waals surface area contributed by atoms with Gasteiger partial charge < -0.3 is 29.1 Å². The molecule has 254 valence electrons. The number of alkyl halides is 3. The van der Waals surface area contributed by atoms with Crippen LogP contribution in [-0.4, -0.2) is 88.9 Å². The van der Waals surface area contributed by atoms with Gasteiger partial charge in [-0.1, -0.05) is 28.9 Å². The summed E-state index contributed by atoms with van der Waals surface area (Å²) in [4.78, 5) is 39.3. The van der Waals surface area contributed by atoms with Crippen LogP contribution in [0.5, 0.6) is 5.75 Å². The van der Waals surface area contributed by atoms with Crippen molar-refractivity contribution in [1.29, 1.82) is 0 Å².